The van der Waals surface area contributed by atoms with Gasteiger partial charge in [-0.05, 0) is 35.7 Å². The second-order valence-corrected chi connectivity index (χ2v) is 7.69. The highest BCUT2D eigenvalue weighted by atomic mass is 32.1. The van der Waals surface area contributed by atoms with Gasteiger partial charge in [0.25, 0.3) is 0 Å². The highest BCUT2D eigenvalue weighted by molar-refractivity contribution is 7.12. The first-order valence-electron chi connectivity index (χ1n) is 8.92. The molecule has 5 nitrogen and oxygen atoms in total. The van der Waals surface area contributed by atoms with Crippen LogP contribution < -0.4 is 14.2 Å². The number of thiophene rings is 1. The predicted octanol–water partition coefficient (Wildman–Crippen LogP) is 4.72. The van der Waals surface area contributed by atoms with E-state index < -0.39 is 0 Å². The maximum Gasteiger partial charge on any atom is 0.231 e. The summed E-state index contributed by atoms with van der Waals surface area (Å²) in [6.07, 6.45) is 0.582. The van der Waals surface area contributed by atoms with Gasteiger partial charge in [0.05, 0.1) is 16.6 Å². The minimum absolute atomic E-state index is 0.169. The molecule has 0 spiro atoms. The lowest BCUT2D eigenvalue weighted by Crippen LogP contribution is -2.33. The Morgan fingerprint density at radius 2 is 1.89 bits per heavy atom. The van der Waals surface area contributed by atoms with Crippen molar-refractivity contribution in [1.29, 1.82) is 0 Å². The van der Waals surface area contributed by atoms with Crippen LogP contribution in [0.3, 0.4) is 0 Å². The summed E-state index contributed by atoms with van der Waals surface area (Å²) in [5.41, 5.74) is 3.31. The number of para-hydroxylation sites is 1. The third kappa shape index (κ3) is 2.33. The number of hydrazone groups is 1. The molecule has 0 radical (unpaired) electrons. The first-order chi connectivity index (χ1) is 13.4. The van der Waals surface area contributed by atoms with Gasteiger partial charge >= 0.3 is 0 Å². The number of fused-ring (bicyclic) bond motifs is 4. The second-order valence-electron chi connectivity index (χ2n) is 6.74. The topological polar surface area (TPSA) is 43.3 Å². The highest BCUT2D eigenvalue weighted by Gasteiger charge is 2.41. The van der Waals surface area contributed by atoms with Crippen LogP contribution in [0.5, 0.6) is 17.2 Å². The first kappa shape index (κ1) is 15.1. The average molecular weight is 376 g/mol. The SMILES string of the molecule is c1csc(C2=NN3[C@H](C2)c2ccccc2O[C@@H]3c2ccc3c(c2)OCO3)c1. The van der Waals surface area contributed by atoms with E-state index in [1.54, 1.807) is 11.3 Å². The van der Waals surface area contributed by atoms with Crippen molar-refractivity contribution in [2.75, 3.05) is 6.79 Å². The van der Waals surface area contributed by atoms with Crippen molar-refractivity contribution >= 4 is 17.0 Å². The van der Waals surface area contributed by atoms with Crippen molar-refractivity contribution in [1.82, 2.24) is 5.01 Å². The molecule has 0 amide bonds. The van der Waals surface area contributed by atoms with Crippen LogP contribution in [0.4, 0.5) is 0 Å². The first-order valence-corrected chi connectivity index (χ1v) is 9.79. The highest BCUT2D eigenvalue weighted by Crippen LogP contribution is 2.48. The van der Waals surface area contributed by atoms with Gasteiger partial charge in [-0.15, -0.1) is 11.3 Å². The third-order valence-electron chi connectivity index (χ3n) is 5.19. The molecule has 0 saturated heterocycles. The Bertz CT molecular complexity index is 1050. The van der Waals surface area contributed by atoms with E-state index in [1.807, 2.05) is 30.3 Å². The molecule has 3 aliphatic heterocycles. The van der Waals surface area contributed by atoms with Gasteiger partial charge in [-0.2, -0.15) is 5.10 Å². The Kier molecular flexibility index (Phi) is 3.22. The van der Waals surface area contributed by atoms with Crippen LogP contribution >= 0.6 is 11.3 Å². The van der Waals surface area contributed by atoms with Gasteiger partial charge in [-0.25, -0.2) is 5.01 Å². The lowest BCUT2D eigenvalue weighted by molar-refractivity contribution is -0.0191. The third-order valence-corrected chi connectivity index (χ3v) is 6.11. The van der Waals surface area contributed by atoms with Gasteiger partial charge in [-0.1, -0.05) is 24.3 Å². The lowest BCUT2D eigenvalue weighted by Gasteiger charge is -2.38. The standard InChI is InChI=1S/C21H16N2O3S/c1-2-5-17-14(4-1)16-11-15(20-6-3-9-27-20)22-23(16)21(26-17)13-7-8-18-19(10-13)25-12-24-18/h1-10,16,21H,11-12H2/t16-,21-/m1/s1. The van der Waals surface area contributed by atoms with Gasteiger partial charge in [-0.3, -0.25) is 0 Å². The van der Waals surface area contributed by atoms with Crippen molar-refractivity contribution in [2.24, 2.45) is 5.10 Å². The molecule has 6 rings (SSSR count). The van der Waals surface area contributed by atoms with Crippen LogP contribution in [0.15, 0.2) is 65.1 Å². The quantitative estimate of drug-likeness (QED) is 0.649. The van der Waals surface area contributed by atoms with Gasteiger partial charge in [0, 0.05) is 17.5 Å². The number of rotatable bonds is 2. The fourth-order valence-corrected chi connectivity index (χ4v) is 4.63. The van der Waals surface area contributed by atoms with Crippen LogP contribution in [-0.2, 0) is 0 Å². The monoisotopic (exact) mass is 376 g/mol. The smallest absolute Gasteiger partial charge is 0.231 e. The van der Waals surface area contributed by atoms with Crippen LogP contribution in [0.1, 0.15) is 34.7 Å². The normalized spacial score (nSPS) is 22.1. The van der Waals surface area contributed by atoms with Crippen molar-refractivity contribution < 1.29 is 14.2 Å². The van der Waals surface area contributed by atoms with E-state index in [0.717, 1.165) is 34.9 Å². The van der Waals surface area contributed by atoms with Gasteiger partial charge < -0.3 is 14.2 Å². The minimum atomic E-state index is -0.295. The van der Waals surface area contributed by atoms with Crippen molar-refractivity contribution in [2.45, 2.75) is 18.7 Å². The summed E-state index contributed by atoms with van der Waals surface area (Å²) in [4.78, 5) is 1.21. The number of benzene rings is 2. The maximum absolute atomic E-state index is 6.38. The molecule has 1 aromatic heterocycles. The molecular weight excluding hydrogens is 360 g/mol. The molecule has 0 aliphatic carbocycles. The van der Waals surface area contributed by atoms with Crippen LogP contribution in [0.25, 0.3) is 0 Å². The van der Waals surface area contributed by atoms with Gasteiger partial charge in [0.2, 0.25) is 13.0 Å². The molecule has 3 aromatic rings. The van der Waals surface area contributed by atoms with E-state index >= 15 is 0 Å². The van der Waals surface area contributed by atoms with E-state index in [9.17, 15) is 0 Å². The van der Waals surface area contributed by atoms with E-state index in [1.165, 1.54) is 10.4 Å². The fourth-order valence-electron chi connectivity index (χ4n) is 3.91. The molecule has 0 N–H and O–H groups in total. The van der Waals surface area contributed by atoms with Crippen molar-refractivity contribution in [3.8, 4) is 17.2 Å². The second kappa shape index (κ2) is 5.76. The molecule has 0 saturated carbocycles. The molecule has 2 aromatic carbocycles. The number of ether oxygens (including phenoxy) is 3. The molecule has 0 bridgehead atoms. The molecule has 134 valence electrons. The summed E-state index contributed by atoms with van der Waals surface area (Å²) < 4.78 is 17.4. The van der Waals surface area contributed by atoms with Crippen LogP contribution in [0.2, 0.25) is 0 Å². The summed E-state index contributed by atoms with van der Waals surface area (Å²) in [5.74, 6) is 2.45. The largest absolute Gasteiger partial charge is 0.464 e. The molecule has 27 heavy (non-hydrogen) atoms. The van der Waals surface area contributed by atoms with E-state index in [4.69, 9.17) is 19.3 Å². The maximum atomic E-state index is 6.38. The van der Waals surface area contributed by atoms with Crippen molar-refractivity contribution in [3.05, 3.63) is 76.0 Å². The Labute approximate surface area is 160 Å². The Morgan fingerprint density at radius 1 is 0.963 bits per heavy atom. The van der Waals surface area contributed by atoms with Crippen molar-refractivity contribution in [3.63, 3.8) is 0 Å². The molecule has 2 atom stereocenters. The Hall–Kier alpha value is -2.99. The lowest BCUT2D eigenvalue weighted by atomic mass is 9.97. The molecule has 6 heteroatoms. The number of nitrogens with zero attached hydrogens (tertiary/aromatic N) is 2. The zero-order valence-electron chi connectivity index (χ0n) is 14.4. The summed E-state index contributed by atoms with van der Waals surface area (Å²) in [6.45, 7) is 0.264. The number of hydrogen-bond donors (Lipinski definition) is 0. The zero-order valence-corrected chi connectivity index (χ0v) is 15.2. The Balaban J connectivity index is 1.45. The summed E-state index contributed by atoms with van der Waals surface area (Å²) in [5, 5.41) is 9.15. The van der Waals surface area contributed by atoms with Crippen LogP contribution in [0, 0.1) is 0 Å². The summed E-state index contributed by atoms with van der Waals surface area (Å²) in [7, 11) is 0. The molecule has 4 heterocycles. The van der Waals surface area contributed by atoms with E-state index in [-0.39, 0.29) is 19.1 Å². The van der Waals surface area contributed by atoms with Crippen LogP contribution in [-0.4, -0.2) is 17.5 Å². The predicted molar refractivity (Wildman–Crippen MR) is 102 cm³/mol. The Morgan fingerprint density at radius 3 is 2.81 bits per heavy atom. The minimum Gasteiger partial charge on any atom is -0.464 e. The fraction of sp³-hybridized carbons (Fsp3) is 0.190. The molecular formula is C21H16N2O3S. The summed E-state index contributed by atoms with van der Waals surface area (Å²) >= 11 is 1.73. The summed E-state index contributed by atoms with van der Waals surface area (Å²) in [6, 6.07) is 18.6. The molecule has 3 aliphatic rings. The molecule has 0 unspecified atom stereocenters. The zero-order chi connectivity index (χ0) is 17.8. The number of hydrogen-bond acceptors (Lipinski definition) is 6. The molecule has 0 fully saturated rings. The van der Waals surface area contributed by atoms with E-state index in [2.05, 4.69) is 34.7 Å². The van der Waals surface area contributed by atoms with Gasteiger partial charge in [0.1, 0.15) is 5.75 Å². The van der Waals surface area contributed by atoms with Gasteiger partial charge in [0.15, 0.2) is 11.5 Å². The average Bonchev–Trinajstić information content (AvgIpc) is 3.46. The van der Waals surface area contributed by atoms with E-state index in [0.29, 0.717) is 0 Å².